The number of nitrogens with zero attached hydrogens (tertiary/aromatic N) is 1. The Hall–Kier alpha value is -1.66. The van der Waals surface area contributed by atoms with Crippen molar-refractivity contribution in [2.45, 2.75) is 6.23 Å². The first kappa shape index (κ1) is 7.96. The predicted molar refractivity (Wildman–Crippen MR) is 43.5 cm³/mol. The van der Waals surface area contributed by atoms with Gasteiger partial charge in [-0.15, -0.1) is 0 Å². The van der Waals surface area contributed by atoms with E-state index in [-0.39, 0.29) is 12.1 Å². The molecule has 2 aliphatic rings. The van der Waals surface area contributed by atoms with Gasteiger partial charge in [-0.05, 0) is 12.2 Å². The standard InChI is InChI=1S/C9H6N2O2/c10-4-6-1-2-8(9-11-13-9)7(3-6)5-12/h1-3,8-9,11H. The van der Waals surface area contributed by atoms with Crippen molar-refractivity contribution in [3.8, 4) is 6.07 Å². The molecule has 13 heavy (non-hydrogen) atoms. The lowest BCUT2D eigenvalue weighted by atomic mass is 9.92. The first-order chi connectivity index (χ1) is 6.35. The van der Waals surface area contributed by atoms with Crippen LogP contribution in [0.4, 0.5) is 0 Å². The van der Waals surface area contributed by atoms with E-state index in [2.05, 4.69) is 5.48 Å². The van der Waals surface area contributed by atoms with Crippen LogP contribution in [0.5, 0.6) is 0 Å². The van der Waals surface area contributed by atoms with E-state index in [1.54, 1.807) is 12.2 Å². The molecule has 1 heterocycles. The molecule has 0 aromatic carbocycles. The molecule has 4 heteroatoms. The highest BCUT2D eigenvalue weighted by Crippen LogP contribution is 2.27. The highest BCUT2D eigenvalue weighted by Gasteiger charge is 2.34. The molecule has 0 amide bonds. The fourth-order valence-electron chi connectivity index (χ4n) is 1.24. The van der Waals surface area contributed by atoms with E-state index in [1.807, 2.05) is 12.0 Å². The number of nitriles is 1. The van der Waals surface area contributed by atoms with Crippen LogP contribution in [0.15, 0.2) is 29.4 Å². The van der Waals surface area contributed by atoms with Crippen LogP contribution in [0.1, 0.15) is 0 Å². The maximum absolute atomic E-state index is 10.5. The molecule has 2 unspecified atom stereocenters. The molecule has 0 bridgehead atoms. The Kier molecular flexibility index (Phi) is 1.84. The number of hydrogen-bond acceptors (Lipinski definition) is 4. The highest BCUT2D eigenvalue weighted by molar-refractivity contribution is 5.63. The molecule has 2 atom stereocenters. The summed E-state index contributed by atoms with van der Waals surface area (Å²) < 4.78 is 0. The van der Waals surface area contributed by atoms with Crippen molar-refractivity contribution >= 4 is 5.94 Å². The minimum absolute atomic E-state index is 0.116. The predicted octanol–water partition coefficient (Wildman–Crippen LogP) is 0.241. The quantitative estimate of drug-likeness (QED) is 0.456. The number of carbonyl (C=O) groups excluding carboxylic acids is 1. The summed E-state index contributed by atoms with van der Waals surface area (Å²) in [5, 5.41) is 8.59. The van der Waals surface area contributed by atoms with Crippen molar-refractivity contribution in [3.63, 3.8) is 0 Å². The van der Waals surface area contributed by atoms with E-state index in [0.717, 1.165) is 0 Å². The highest BCUT2D eigenvalue weighted by atomic mass is 16.8. The summed E-state index contributed by atoms with van der Waals surface area (Å²) in [6, 6.07) is 1.96. The summed E-state index contributed by atoms with van der Waals surface area (Å²) in [6.07, 6.45) is 4.84. The smallest absolute Gasteiger partial charge is 0.162 e. The second kappa shape index (κ2) is 3.00. The number of rotatable bonds is 1. The third-order valence-electron chi connectivity index (χ3n) is 1.98. The monoisotopic (exact) mass is 174 g/mol. The summed E-state index contributed by atoms with van der Waals surface area (Å²) >= 11 is 0. The van der Waals surface area contributed by atoms with Crippen LogP contribution < -0.4 is 5.48 Å². The molecular formula is C9H6N2O2. The molecule has 1 aliphatic heterocycles. The van der Waals surface area contributed by atoms with Crippen molar-refractivity contribution in [2.24, 2.45) is 5.92 Å². The zero-order chi connectivity index (χ0) is 9.26. The Morgan fingerprint density at radius 2 is 2.38 bits per heavy atom. The van der Waals surface area contributed by atoms with E-state index in [1.165, 1.54) is 6.08 Å². The Balaban J connectivity index is 2.29. The number of hydrogen-bond donors (Lipinski definition) is 1. The lowest BCUT2D eigenvalue weighted by molar-refractivity contribution is 0.351. The largest absolute Gasteiger partial charge is 0.277 e. The maximum atomic E-state index is 10.5. The van der Waals surface area contributed by atoms with Gasteiger partial charge in [0, 0.05) is 5.57 Å². The van der Waals surface area contributed by atoms with E-state index in [0.29, 0.717) is 11.1 Å². The van der Waals surface area contributed by atoms with Crippen molar-refractivity contribution in [1.29, 1.82) is 5.26 Å². The lowest BCUT2D eigenvalue weighted by Gasteiger charge is -2.10. The van der Waals surface area contributed by atoms with Crippen LogP contribution in [-0.2, 0) is 9.63 Å². The van der Waals surface area contributed by atoms with Crippen LogP contribution in [0.25, 0.3) is 0 Å². The van der Waals surface area contributed by atoms with Crippen LogP contribution in [0.2, 0.25) is 0 Å². The van der Waals surface area contributed by atoms with Gasteiger partial charge < -0.3 is 0 Å². The summed E-state index contributed by atoms with van der Waals surface area (Å²) in [7, 11) is 0. The first-order valence-electron chi connectivity index (χ1n) is 3.81. The zero-order valence-corrected chi connectivity index (χ0v) is 6.65. The maximum Gasteiger partial charge on any atom is 0.162 e. The van der Waals surface area contributed by atoms with Crippen LogP contribution in [0.3, 0.4) is 0 Å². The minimum Gasteiger partial charge on any atom is -0.277 e. The number of hydroxylamine groups is 1. The summed E-state index contributed by atoms with van der Waals surface area (Å²) in [5.74, 6) is 1.69. The third kappa shape index (κ3) is 1.44. The molecule has 1 fully saturated rings. The topological polar surface area (TPSA) is 75.3 Å². The van der Waals surface area contributed by atoms with E-state index in [9.17, 15) is 4.79 Å². The van der Waals surface area contributed by atoms with Crippen molar-refractivity contribution in [2.75, 3.05) is 0 Å². The summed E-state index contributed by atoms with van der Waals surface area (Å²) in [5.41, 5.74) is 3.56. The van der Waals surface area contributed by atoms with Gasteiger partial charge in [0.2, 0.25) is 0 Å². The molecule has 1 saturated heterocycles. The fourth-order valence-corrected chi connectivity index (χ4v) is 1.24. The molecule has 64 valence electrons. The van der Waals surface area contributed by atoms with Crippen molar-refractivity contribution in [3.05, 3.63) is 29.4 Å². The van der Waals surface area contributed by atoms with Gasteiger partial charge in [-0.25, -0.2) is 4.79 Å². The SMILES string of the molecule is N#CC1=CC(=C=O)C(C2NO2)C=C1. The van der Waals surface area contributed by atoms with Gasteiger partial charge in [0.25, 0.3) is 0 Å². The van der Waals surface area contributed by atoms with E-state index < -0.39 is 0 Å². The minimum atomic E-state index is -0.135. The van der Waals surface area contributed by atoms with Gasteiger partial charge in [0.1, 0.15) is 5.94 Å². The molecule has 1 aliphatic carbocycles. The molecule has 2 rings (SSSR count). The van der Waals surface area contributed by atoms with Gasteiger partial charge in [-0.3, -0.25) is 4.84 Å². The lowest BCUT2D eigenvalue weighted by Crippen LogP contribution is -2.13. The average Bonchev–Trinajstić information content (AvgIpc) is 3.00. The van der Waals surface area contributed by atoms with E-state index in [4.69, 9.17) is 10.1 Å². The summed E-state index contributed by atoms with van der Waals surface area (Å²) in [4.78, 5) is 15.4. The molecule has 0 aromatic rings. The molecule has 0 saturated carbocycles. The second-order valence-electron chi connectivity index (χ2n) is 2.81. The molecule has 4 nitrogen and oxygen atoms in total. The van der Waals surface area contributed by atoms with Gasteiger partial charge in [0.05, 0.1) is 17.6 Å². The molecule has 0 spiro atoms. The normalized spacial score (nSPS) is 30.4. The van der Waals surface area contributed by atoms with Crippen LogP contribution in [0, 0.1) is 17.2 Å². The van der Waals surface area contributed by atoms with Crippen LogP contribution >= 0.6 is 0 Å². The third-order valence-corrected chi connectivity index (χ3v) is 1.98. The van der Waals surface area contributed by atoms with Crippen LogP contribution in [-0.4, -0.2) is 12.2 Å². The second-order valence-corrected chi connectivity index (χ2v) is 2.81. The fraction of sp³-hybridized carbons (Fsp3) is 0.222. The first-order valence-corrected chi connectivity index (χ1v) is 3.81. The van der Waals surface area contributed by atoms with Gasteiger partial charge in [-0.1, -0.05) is 6.08 Å². The Morgan fingerprint density at radius 1 is 1.62 bits per heavy atom. The van der Waals surface area contributed by atoms with Gasteiger partial charge >= 0.3 is 0 Å². The summed E-state index contributed by atoms with van der Waals surface area (Å²) in [6.45, 7) is 0. The van der Waals surface area contributed by atoms with E-state index >= 15 is 0 Å². The molecular weight excluding hydrogens is 168 g/mol. The van der Waals surface area contributed by atoms with Gasteiger partial charge in [-0.2, -0.15) is 10.7 Å². The zero-order valence-electron chi connectivity index (χ0n) is 6.65. The Labute approximate surface area is 74.7 Å². The number of allylic oxidation sites excluding steroid dienone is 3. The Morgan fingerprint density at radius 3 is 2.92 bits per heavy atom. The Bertz CT molecular complexity index is 379. The van der Waals surface area contributed by atoms with Gasteiger partial charge in [0.15, 0.2) is 6.23 Å². The molecule has 0 radical (unpaired) electrons. The average molecular weight is 174 g/mol. The van der Waals surface area contributed by atoms with Crippen molar-refractivity contribution < 1.29 is 9.63 Å². The van der Waals surface area contributed by atoms with Crippen molar-refractivity contribution in [1.82, 2.24) is 5.48 Å². The number of nitrogens with one attached hydrogen (secondary N) is 1. The molecule has 0 aromatic heterocycles. The molecule has 1 N–H and O–H groups in total.